The van der Waals surface area contributed by atoms with E-state index in [1.807, 2.05) is 6.08 Å². The van der Waals surface area contributed by atoms with Gasteiger partial charge in [0.2, 0.25) is 0 Å². The van der Waals surface area contributed by atoms with E-state index >= 15 is 0 Å². The minimum absolute atomic E-state index is 0.196. The summed E-state index contributed by atoms with van der Waals surface area (Å²) in [6.07, 6.45) is 4.10. The van der Waals surface area contributed by atoms with Crippen LogP contribution >= 0.6 is 0 Å². The highest BCUT2D eigenvalue weighted by Crippen LogP contribution is 2.24. The normalized spacial score (nSPS) is 30.1. The molecule has 0 saturated carbocycles. The highest BCUT2D eigenvalue weighted by Gasteiger charge is 2.34. The molecule has 0 aromatic heterocycles. The van der Waals surface area contributed by atoms with Gasteiger partial charge in [0.05, 0.1) is 0 Å². The molecule has 1 fully saturated rings. The Hall–Kier alpha value is -0.600. The molecule has 0 aromatic carbocycles. The van der Waals surface area contributed by atoms with E-state index in [9.17, 15) is 0 Å². The second kappa shape index (κ2) is 4.50. The van der Waals surface area contributed by atoms with Gasteiger partial charge in [0, 0.05) is 30.7 Å². The maximum atomic E-state index is 3.94. The van der Waals surface area contributed by atoms with E-state index in [0.717, 1.165) is 13.1 Å². The van der Waals surface area contributed by atoms with Crippen molar-refractivity contribution in [1.29, 1.82) is 0 Å². The van der Waals surface area contributed by atoms with E-state index in [2.05, 4.69) is 56.9 Å². The van der Waals surface area contributed by atoms with Gasteiger partial charge < -0.3 is 0 Å². The lowest BCUT2D eigenvalue weighted by atomic mass is 9.97. The fraction of sp³-hybridized carbons (Fsp3) is 0.692. The Morgan fingerprint density at radius 3 is 2.00 bits per heavy atom. The van der Waals surface area contributed by atoms with Crippen LogP contribution in [0.5, 0.6) is 0 Å². The van der Waals surface area contributed by atoms with Gasteiger partial charge in [-0.3, -0.25) is 9.80 Å². The molecule has 2 atom stereocenters. The molecular weight excluding hydrogens is 184 g/mol. The van der Waals surface area contributed by atoms with Gasteiger partial charge in [0.15, 0.2) is 0 Å². The predicted octanol–water partition coefficient (Wildman–Crippen LogP) is 2.14. The fourth-order valence-electron chi connectivity index (χ4n) is 2.23. The Kier molecular flexibility index (Phi) is 3.74. The zero-order chi connectivity index (χ0) is 11.6. The molecule has 0 aliphatic carbocycles. The summed E-state index contributed by atoms with van der Waals surface area (Å²) in [5, 5.41) is 0. The van der Waals surface area contributed by atoms with Crippen LogP contribution in [-0.4, -0.2) is 47.6 Å². The summed E-state index contributed by atoms with van der Waals surface area (Å²) >= 11 is 0. The number of likely N-dealkylation sites (N-methyl/N-ethyl adjacent to an activating group) is 1. The minimum atomic E-state index is 0.196. The van der Waals surface area contributed by atoms with Crippen molar-refractivity contribution in [3.8, 4) is 0 Å². The third-order valence-corrected chi connectivity index (χ3v) is 3.23. The van der Waals surface area contributed by atoms with Crippen LogP contribution in [0.1, 0.15) is 20.8 Å². The number of hydrogen-bond acceptors (Lipinski definition) is 2. The highest BCUT2D eigenvalue weighted by molar-refractivity contribution is 5.04. The third-order valence-electron chi connectivity index (χ3n) is 3.23. The summed E-state index contributed by atoms with van der Waals surface area (Å²) in [5.41, 5.74) is 0.196. The van der Waals surface area contributed by atoms with Gasteiger partial charge in [-0.25, -0.2) is 0 Å². The first-order chi connectivity index (χ1) is 6.90. The zero-order valence-electron chi connectivity index (χ0n) is 10.5. The predicted molar refractivity (Wildman–Crippen MR) is 67.1 cm³/mol. The lowest BCUT2D eigenvalue weighted by Gasteiger charge is -2.49. The molecule has 2 nitrogen and oxygen atoms in total. The quantitative estimate of drug-likeness (QED) is 0.642. The Labute approximate surface area is 94.3 Å². The minimum Gasteiger partial charge on any atom is -0.297 e. The van der Waals surface area contributed by atoms with Crippen LogP contribution in [-0.2, 0) is 0 Å². The molecule has 1 aliphatic heterocycles. The third kappa shape index (κ3) is 2.70. The summed E-state index contributed by atoms with van der Waals surface area (Å²) in [6.45, 7) is 16.7. The van der Waals surface area contributed by atoms with Crippen molar-refractivity contribution >= 4 is 0 Å². The Bertz CT molecular complexity index is 239. The van der Waals surface area contributed by atoms with Crippen molar-refractivity contribution < 1.29 is 0 Å². The molecule has 1 saturated heterocycles. The van der Waals surface area contributed by atoms with Crippen LogP contribution in [0.3, 0.4) is 0 Å². The van der Waals surface area contributed by atoms with Gasteiger partial charge in [0.1, 0.15) is 0 Å². The molecule has 0 aromatic rings. The topological polar surface area (TPSA) is 6.48 Å². The fourth-order valence-corrected chi connectivity index (χ4v) is 2.23. The van der Waals surface area contributed by atoms with Crippen molar-refractivity contribution in [1.82, 2.24) is 9.80 Å². The second-order valence-corrected chi connectivity index (χ2v) is 5.37. The van der Waals surface area contributed by atoms with Crippen LogP contribution in [0, 0.1) is 0 Å². The second-order valence-electron chi connectivity index (χ2n) is 5.37. The SMILES string of the molecule is C=C[C@H]1CN(C(C)(C)C)[C@@H](C=C)CN1C. The first-order valence-electron chi connectivity index (χ1n) is 5.62. The van der Waals surface area contributed by atoms with Gasteiger partial charge in [-0.1, -0.05) is 12.2 Å². The van der Waals surface area contributed by atoms with Gasteiger partial charge in [-0.2, -0.15) is 0 Å². The smallest absolute Gasteiger partial charge is 0.0409 e. The molecule has 1 aliphatic rings. The molecule has 86 valence electrons. The maximum absolute atomic E-state index is 3.94. The molecule has 0 bridgehead atoms. The summed E-state index contributed by atoms with van der Waals surface area (Å²) < 4.78 is 0. The average molecular weight is 208 g/mol. The van der Waals surface area contributed by atoms with Crippen molar-refractivity contribution in [2.45, 2.75) is 38.4 Å². The van der Waals surface area contributed by atoms with Crippen molar-refractivity contribution in [3.05, 3.63) is 25.3 Å². The Morgan fingerprint density at radius 1 is 1.07 bits per heavy atom. The van der Waals surface area contributed by atoms with Crippen LogP contribution in [0.25, 0.3) is 0 Å². The highest BCUT2D eigenvalue weighted by atomic mass is 15.3. The summed E-state index contributed by atoms with van der Waals surface area (Å²) in [4.78, 5) is 4.86. The first kappa shape index (κ1) is 12.5. The van der Waals surface area contributed by atoms with Gasteiger partial charge in [-0.05, 0) is 27.8 Å². The summed E-state index contributed by atoms with van der Waals surface area (Å²) in [6, 6.07) is 0.909. The van der Waals surface area contributed by atoms with E-state index in [1.165, 1.54) is 0 Å². The van der Waals surface area contributed by atoms with E-state index in [1.54, 1.807) is 0 Å². The summed E-state index contributed by atoms with van der Waals surface area (Å²) in [5.74, 6) is 0. The van der Waals surface area contributed by atoms with Crippen LogP contribution < -0.4 is 0 Å². The molecule has 0 radical (unpaired) electrons. The van der Waals surface area contributed by atoms with Gasteiger partial charge >= 0.3 is 0 Å². The molecule has 0 N–H and O–H groups in total. The molecule has 1 heterocycles. The van der Waals surface area contributed by atoms with Gasteiger partial charge in [0.25, 0.3) is 0 Å². The first-order valence-corrected chi connectivity index (χ1v) is 5.62. The Morgan fingerprint density at radius 2 is 1.60 bits per heavy atom. The van der Waals surface area contributed by atoms with E-state index in [-0.39, 0.29) is 5.54 Å². The molecule has 1 rings (SSSR count). The van der Waals surface area contributed by atoms with E-state index in [4.69, 9.17) is 0 Å². The molecular formula is C13H24N2. The standard InChI is InChI=1S/C13H24N2/c1-7-11-10-15(13(3,4)5)12(8-2)9-14(11)6/h7-8,11-12H,1-2,9-10H2,3-6H3/t11-,12-/m0/s1. The number of hydrogen-bond donors (Lipinski definition) is 0. The monoisotopic (exact) mass is 208 g/mol. The number of piperazine rings is 1. The summed E-state index contributed by atoms with van der Waals surface area (Å²) in [7, 11) is 2.16. The molecule has 15 heavy (non-hydrogen) atoms. The zero-order valence-corrected chi connectivity index (χ0v) is 10.5. The lowest BCUT2D eigenvalue weighted by Crippen LogP contribution is -2.61. The van der Waals surface area contributed by atoms with Crippen molar-refractivity contribution in [3.63, 3.8) is 0 Å². The van der Waals surface area contributed by atoms with E-state index in [0.29, 0.717) is 12.1 Å². The van der Waals surface area contributed by atoms with E-state index < -0.39 is 0 Å². The molecule has 2 heteroatoms. The maximum Gasteiger partial charge on any atom is 0.0409 e. The molecule has 0 unspecified atom stereocenters. The van der Waals surface area contributed by atoms with Crippen LogP contribution in [0.2, 0.25) is 0 Å². The largest absolute Gasteiger partial charge is 0.297 e. The van der Waals surface area contributed by atoms with Crippen molar-refractivity contribution in [2.75, 3.05) is 20.1 Å². The number of nitrogens with zero attached hydrogens (tertiary/aromatic N) is 2. The van der Waals surface area contributed by atoms with Crippen LogP contribution in [0.4, 0.5) is 0 Å². The van der Waals surface area contributed by atoms with Gasteiger partial charge in [-0.15, -0.1) is 13.2 Å². The average Bonchev–Trinajstić information content (AvgIpc) is 2.15. The molecule has 0 amide bonds. The lowest BCUT2D eigenvalue weighted by molar-refractivity contribution is 0.0196. The van der Waals surface area contributed by atoms with Crippen LogP contribution in [0.15, 0.2) is 25.3 Å². The number of rotatable bonds is 2. The molecule has 0 spiro atoms. The van der Waals surface area contributed by atoms with Crippen molar-refractivity contribution in [2.24, 2.45) is 0 Å². The Balaban J connectivity index is 2.84.